The fraction of sp³-hybridized carbons (Fsp3) is 0.462. The number of aliphatic carboxylic acids is 1. The van der Waals surface area contributed by atoms with E-state index in [1.165, 1.54) is 4.68 Å². The number of aromatic nitrogens is 2. The summed E-state index contributed by atoms with van der Waals surface area (Å²) in [7, 11) is 0. The predicted molar refractivity (Wildman–Crippen MR) is 65.3 cm³/mol. The number of allylic oxidation sites excluding steroid dienone is 2. The fourth-order valence-electron chi connectivity index (χ4n) is 2.37. The van der Waals surface area contributed by atoms with E-state index in [1.54, 1.807) is 6.92 Å². The quantitative estimate of drug-likeness (QED) is 0.810. The van der Waals surface area contributed by atoms with Gasteiger partial charge in [-0.3, -0.25) is 9.59 Å². The zero-order valence-corrected chi connectivity index (χ0v) is 10.5. The Labute approximate surface area is 105 Å². The molecule has 0 aromatic carbocycles. The molecule has 1 aromatic heterocycles. The highest BCUT2D eigenvalue weighted by Gasteiger charge is 2.35. The fourth-order valence-corrected chi connectivity index (χ4v) is 2.37. The zero-order valence-electron chi connectivity index (χ0n) is 10.5. The third kappa shape index (κ3) is 2.20. The van der Waals surface area contributed by atoms with Crippen molar-refractivity contribution in [1.29, 1.82) is 0 Å². The van der Waals surface area contributed by atoms with Gasteiger partial charge in [0.2, 0.25) is 0 Å². The van der Waals surface area contributed by atoms with Gasteiger partial charge in [-0.15, -0.1) is 0 Å². The van der Waals surface area contributed by atoms with E-state index in [0.717, 1.165) is 11.4 Å². The Morgan fingerprint density at radius 3 is 2.39 bits per heavy atom. The normalized spacial score (nSPS) is 23.0. The number of rotatable bonds is 2. The van der Waals surface area contributed by atoms with Crippen molar-refractivity contribution in [3.63, 3.8) is 0 Å². The standard InChI is InChI=1S/C13H16N2O3/c1-8-7-9(2)15(14-8)12(16)10-5-3-4-6-11(10)13(17)18/h3-4,7,10-11H,5-6H2,1-2H3,(H,17,18). The van der Waals surface area contributed by atoms with E-state index in [-0.39, 0.29) is 5.91 Å². The summed E-state index contributed by atoms with van der Waals surface area (Å²) < 4.78 is 1.33. The number of carboxylic acids is 1. The lowest BCUT2D eigenvalue weighted by atomic mass is 9.82. The smallest absolute Gasteiger partial charge is 0.307 e. The molecule has 18 heavy (non-hydrogen) atoms. The van der Waals surface area contributed by atoms with E-state index in [2.05, 4.69) is 5.10 Å². The maximum atomic E-state index is 12.4. The first-order valence-corrected chi connectivity index (χ1v) is 5.96. The van der Waals surface area contributed by atoms with E-state index < -0.39 is 17.8 Å². The second-order valence-electron chi connectivity index (χ2n) is 4.67. The van der Waals surface area contributed by atoms with Crippen LogP contribution in [0.25, 0.3) is 0 Å². The summed E-state index contributed by atoms with van der Waals surface area (Å²) in [6, 6.07) is 1.81. The number of nitrogens with zero attached hydrogens (tertiary/aromatic N) is 2. The summed E-state index contributed by atoms with van der Waals surface area (Å²) in [6.45, 7) is 3.61. The molecule has 0 aliphatic heterocycles. The van der Waals surface area contributed by atoms with E-state index in [9.17, 15) is 9.59 Å². The molecule has 1 aliphatic rings. The molecule has 0 spiro atoms. The number of carbonyl (C=O) groups is 2. The Morgan fingerprint density at radius 2 is 1.89 bits per heavy atom. The Hall–Kier alpha value is -1.91. The predicted octanol–water partition coefficient (Wildman–Crippen LogP) is 1.81. The molecule has 96 valence electrons. The molecule has 0 fully saturated rings. The van der Waals surface area contributed by atoms with Gasteiger partial charge in [-0.1, -0.05) is 12.2 Å². The first-order valence-electron chi connectivity index (χ1n) is 5.96. The molecule has 2 atom stereocenters. The van der Waals surface area contributed by atoms with Crippen molar-refractivity contribution in [3.05, 3.63) is 29.6 Å². The van der Waals surface area contributed by atoms with Crippen LogP contribution in [0.3, 0.4) is 0 Å². The highest BCUT2D eigenvalue weighted by molar-refractivity contribution is 5.87. The largest absolute Gasteiger partial charge is 0.481 e. The van der Waals surface area contributed by atoms with Gasteiger partial charge >= 0.3 is 5.97 Å². The Kier molecular flexibility index (Phi) is 3.32. The second-order valence-corrected chi connectivity index (χ2v) is 4.67. The van der Waals surface area contributed by atoms with Crippen LogP contribution in [0, 0.1) is 25.7 Å². The molecular weight excluding hydrogens is 232 g/mol. The molecule has 1 N–H and O–H groups in total. The van der Waals surface area contributed by atoms with Crippen LogP contribution < -0.4 is 0 Å². The highest BCUT2D eigenvalue weighted by atomic mass is 16.4. The molecule has 1 aromatic rings. The Morgan fingerprint density at radius 1 is 1.28 bits per heavy atom. The van der Waals surface area contributed by atoms with E-state index >= 15 is 0 Å². The first kappa shape index (κ1) is 12.5. The first-order chi connectivity index (χ1) is 8.50. The minimum Gasteiger partial charge on any atom is -0.481 e. The Balaban J connectivity index is 2.30. The van der Waals surface area contributed by atoms with Crippen molar-refractivity contribution in [2.45, 2.75) is 26.7 Å². The van der Waals surface area contributed by atoms with Crippen molar-refractivity contribution in [2.75, 3.05) is 0 Å². The molecule has 5 heteroatoms. The molecule has 2 unspecified atom stereocenters. The van der Waals surface area contributed by atoms with Crippen molar-refractivity contribution < 1.29 is 14.7 Å². The molecule has 0 bridgehead atoms. The van der Waals surface area contributed by atoms with Gasteiger partial charge in [0.1, 0.15) is 0 Å². The van der Waals surface area contributed by atoms with E-state index in [1.807, 2.05) is 25.1 Å². The molecule has 1 heterocycles. The lowest BCUT2D eigenvalue weighted by Gasteiger charge is -2.23. The van der Waals surface area contributed by atoms with Crippen LogP contribution in [0.15, 0.2) is 18.2 Å². The van der Waals surface area contributed by atoms with Gasteiger partial charge in [0.15, 0.2) is 0 Å². The topological polar surface area (TPSA) is 72.2 Å². The summed E-state index contributed by atoms with van der Waals surface area (Å²) >= 11 is 0. The lowest BCUT2D eigenvalue weighted by Crippen LogP contribution is -2.35. The maximum Gasteiger partial charge on any atom is 0.307 e. The monoisotopic (exact) mass is 248 g/mol. The summed E-state index contributed by atoms with van der Waals surface area (Å²) in [5.74, 6) is -2.31. The third-order valence-corrected chi connectivity index (χ3v) is 3.29. The number of hydrogen-bond donors (Lipinski definition) is 1. The van der Waals surface area contributed by atoms with Gasteiger partial charge in [-0.2, -0.15) is 5.10 Å². The number of aryl methyl sites for hydroxylation is 2. The van der Waals surface area contributed by atoms with Crippen LogP contribution in [-0.2, 0) is 4.79 Å². The lowest BCUT2D eigenvalue weighted by molar-refractivity contribution is -0.143. The molecule has 1 aliphatic carbocycles. The average molecular weight is 248 g/mol. The summed E-state index contributed by atoms with van der Waals surface area (Å²) in [4.78, 5) is 23.5. The van der Waals surface area contributed by atoms with Gasteiger partial charge < -0.3 is 5.11 Å². The van der Waals surface area contributed by atoms with E-state index in [4.69, 9.17) is 5.11 Å². The van der Waals surface area contributed by atoms with Crippen LogP contribution in [0.2, 0.25) is 0 Å². The zero-order chi connectivity index (χ0) is 13.3. The average Bonchev–Trinajstić information content (AvgIpc) is 2.67. The van der Waals surface area contributed by atoms with Crippen molar-refractivity contribution in [1.82, 2.24) is 9.78 Å². The van der Waals surface area contributed by atoms with Gasteiger partial charge in [0, 0.05) is 5.69 Å². The maximum absolute atomic E-state index is 12.4. The molecule has 0 amide bonds. The van der Waals surface area contributed by atoms with Crippen LogP contribution in [0.4, 0.5) is 0 Å². The second kappa shape index (κ2) is 4.76. The van der Waals surface area contributed by atoms with Crippen LogP contribution in [0.1, 0.15) is 29.0 Å². The van der Waals surface area contributed by atoms with Crippen molar-refractivity contribution in [2.24, 2.45) is 11.8 Å². The molecule has 5 nitrogen and oxygen atoms in total. The van der Waals surface area contributed by atoms with Crippen LogP contribution in [-0.4, -0.2) is 26.8 Å². The number of hydrogen-bond acceptors (Lipinski definition) is 3. The minimum absolute atomic E-state index is 0.225. The van der Waals surface area contributed by atoms with Gasteiger partial charge in [-0.25, -0.2) is 4.68 Å². The van der Waals surface area contributed by atoms with Crippen molar-refractivity contribution in [3.8, 4) is 0 Å². The van der Waals surface area contributed by atoms with Crippen molar-refractivity contribution >= 4 is 11.9 Å². The summed E-state index contributed by atoms with van der Waals surface area (Å²) in [6.07, 6.45) is 4.57. The van der Waals surface area contributed by atoms with Crippen LogP contribution in [0.5, 0.6) is 0 Å². The SMILES string of the molecule is Cc1cc(C)n(C(=O)C2CC=CCC2C(=O)O)n1. The van der Waals surface area contributed by atoms with Gasteiger partial charge in [0.25, 0.3) is 5.91 Å². The Bertz CT molecular complexity index is 516. The van der Waals surface area contributed by atoms with E-state index in [0.29, 0.717) is 12.8 Å². The highest BCUT2D eigenvalue weighted by Crippen LogP contribution is 2.27. The van der Waals surface area contributed by atoms with Gasteiger partial charge in [0.05, 0.1) is 17.5 Å². The molecule has 0 radical (unpaired) electrons. The molecule has 0 saturated heterocycles. The number of carboxylic acid groups (broad SMARTS) is 1. The number of carbonyl (C=O) groups excluding carboxylic acids is 1. The molecular formula is C13H16N2O3. The summed E-state index contributed by atoms with van der Waals surface area (Å²) in [5.41, 5.74) is 1.51. The van der Waals surface area contributed by atoms with Crippen LogP contribution >= 0.6 is 0 Å². The summed E-state index contributed by atoms with van der Waals surface area (Å²) in [5, 5.41) is 13.3. The third-order valence-electron chi connectivity index (χ3n) is 3.29. The molecule has 0 saturated carbocycles. The molecule has 2 rings (SSSR count). The van der Waals surface area contributed by atoms with Gasteiger partial charge in [-0.05, 0) is 32.8 Å². The minimum atomic E-state index is -0.917.